The SMILES string of the molecule is Cc1cc2c(cnn2-c2ccc(F)cc2)cc1C1(CC#CC2CC2)CCN(S(=O)(=O)c2ccn(C)c2)C1. The summed E-state index contributed by atoms with van der Waals surface area (Å²) in [6.45, 7) is 2.91. The van der Waals surface area contributed by atoms with Crippen LogP contribution in [0.1, 0.15) is 36.8 Å². The Balaban J connectivity index is 1.40. The number of aromatic nitrogens is 3. The Bertz CT molecular complexity index is 1660. The monoisotopic (exact) mass is 516 g/mol. The molecule has 2 aliphatic rings. The Morgan fingerprint density at radius 1 is 1.16 bits per heavy atom. The van der Waals surface area contributed by atoms with Crippen LogP contribution in [0.5, 0.6) is 0 Å². The van der Waals surface area contributed by atoms with Gasteiger partial charge in [-0.15, -0.1) is 5.92 Å². The maximum atomic E-state index is 13.5. The van der Waals surface area contributed by atoms with Gasteiger partial charge >= 0.3 is 0 Å². The van der Waals surface area contributed by atoms with E-state index in [-0.39, 0.29) is 5.82 Å². The van der Waals surface area contributed by atoms with Crippen LogP contribution in [0.3, 0.4) is 0 Å². The van der Waals surface area contributed by atoms with E-state index in [1.807, 2.05) is 17.9 Å². The van der Waals surface area contributed by atoms with E-state index in [4.69, 9.17) is 0 Å². The molecule has 190 valence electrons. The summed E-state index contributed by atoms with van der Waals surface area (Å²) in [5.74, 6) is 7.01. The lowest BCUT2D eigenvalue weighted by Crippen LogP contribution is -2.35. The number of aryl methyl sites for hydroxylation is 2. The summed E-state index contributed by atoms with van der Waals surface area (Å²) in [6.07, 6.45) is 8.86. The summed E-state index contributed by atoms with van der Waals surface area (Å²) in [5, 5.41) is 5.54. The molecule has 0 amide bonds. The van der Waals surface area contributed by atoms with Gasteiger partial charge < -0.3 is 4.57 Å². The molecule has 8 heteroatoms. The summed E-state index contributed by atoms with van der Waals surface area (Å²) in [7, 11) is -1.77. The second kappa shape index (κ2) is 8.86. The maximum absolute atomic E-state index is 13.5. The third kappa shape index (κ3) is 4.36. The maximum Gasteiger partial charge on any atom is 0.244 e. The zero-order chi connectivity index (χ0) is 25.8. The molecule has 1 aliphatic carbocycles. The number of fused-ring (bicyclic) bond motifs is 1. The summed E-state index contributed by atoms with van der Waals surface area (Å²) < 4.78 is 45.6. The lowest BCUT2D eigenvalue weighted by Gasteiger charge is -2.30. The van der Waals surface area contributed by atoms with E-state index in [0.717, 1.165) is 40.6 Å². The number of rotatable bonds is 5. The fraction of sp³-hybridized carbons (Fsp3) is 0.345. The van der Waals surface area contributed by atoms with Gasteiger partial charge in [-0.25, -0.2) is 17.5 Å². The summed E-state index contributed by atoms with van der Waals surface area (Å²) >= 11 is 0. The minimum atomic E-state index is -3.60. The molecule has 0 radical (unpaired) electrons. The van der Waals surface area contributed by atoms with Crippen LogP contribution in [-0.2, 0) is 22.5 Å². The number of hydrogen-bond donors (Lipinski definition) is 0. The van der Waals surface area contributed by atoms with E-state index in [2.05, 4.69) is 36.0 Å². The Kier molecular flexibility index (Phi) is 5.74. The van der Waals surface area contributed by atoms with E-state index in [1.54, 1.807) is 39.5 Å². The molecule has 1 saturated heterocycles. The van der Waals surface area contributed by atoms with Gasteiger partial charge in [-0.05, 0) is 79.8 Å². The summed E-state index contributed by atoms with van der Waals surface area (Å²) in [6, 6.07) is 12.2. The van der Waals surface area contributed by atoms with E-state index < -0.39 is 15.4 Å². The smallest absolute Gasteiger partial charge is 0.244 e. The molecule has 4 aromatic rings. The van der Waals surface area contributed by atoms with Crippen molar-refractivity contribution in [1.82, 2.24) is 18.7 Å². The molecule has 1 atom stereocenters. The van der Waals surface area contributed by atoms with Crippen molar-refractivity contribution < 1.29 is 12.8 Å². The predicted octanol–water partition coefficient (Wildman–Crippen LogP) is 4.95. The van der Waals surface area contributed by atoms with Crippen molar-refractivity contribution >= 4 is 20.9 Å². The second-order valence-corrected chi connectivity index (χ2v) is 12.4. The summed E-state index contributed by atoms with van der Waals surface area (Å²) in [4.78, 5) is 0.322. The van der Waals surface area contributed by atoms with Crippen molar-refractivity contribution in [2.75, 3.05) is 13.1 Å². The van der Waals surface area contributed by atoms with Crippen molar-refractivity contribution in [3.8, 4) is 17.5 Å². The Hall–Kier alpha value is -3.41. The number of benzene rings is 2. The van der Waals surface area contributed by atoms with Gasteiger partial charge in [0, 0.05) is 55.7 Å². The van der Waals surface area contributed by atoms with Crippen LogP contribution >= 0.6 is 0 Å². The highest BCUT2D eigenvalue weighted by Gasteiger charge is 2.45. The molecule has 0 N–H and O–H groups in total. The highest BCUT2D eigenvalue weighted by Crippen LogP contribution is 2.43. The van der Waals surface area contributed by atoms with Gasteiger partial charge in [-0.3, -0.25) is 0 Å². The molecule has 0 spiro atoms. The quantitative estimate of drug-likeness (QED) is 0.353. The van der Waals surface area contributed by atoms with Gasteiger partial charge in [0.15, 0.2) is 0 Å². The number of hydrogen-bond acceptors (Lipinski definition) is 3. The van der Waals surface area contributed by atoms with Crippen LogP contribution in [0.2, 0.25) is 0 Å². The minimum Gasteiger partial charge on any atom is -0.356 e. The van der Waals surface area contributed by atoms with Crippen LogP contribution < -0.4 is 0 Å². The van der Waals surface area contributed by atoms with Crippen LogP contribution in [0.4, 0.5) is 4.39 Å². The summed E-state index contributed by atoms with van der Waals surface area (Å²) in [5.41, 5.74) is 3.51. The van der Waals surface area contributed by atoms with Crippen LogP contribution in [0.15, 0.2) is 66.0 Å². The fourth-order valence-corrected chi connectivity index (χ4v) is 6.99. The number of halogens is 1. The number of sulfonamides is 1. The molecule has 37 heavy (non-hydrogen) atoms. The van der Waals surface area contributed by atoms with Crippen molar-refractivity contribution in [3.63, 3.8) is 0 Å². The first-order chi connectivity index (χ1) is 17.7. The van der Waals surface area contributed by atoms with E-state index in [0.29, 0.717) is 36.7 Å². The molecule has 6 nitrogen and oxygen atoms in total. The molecule has 3 heterocycles. The van der Waals surface area contributed by atoms with Crippen LogP contribution in [0.25, 0.3) is 16.6 Å². The fourth-order valence-electron chi connectivity index (χ4n) is 5.41. The highest BCUT2D eigenvalue weighted by molar-refractivity contribution is 7.89. The second-order valence-electron chi connectivity index (χ2n) is 10.4. The Morgan fingerprint density at radius 3 is 2.65 bits per heavy atom. The molecular weight excluding hydrogens is 487 g/mol. The molecular formula is C29H29FN4O2S. The molecule has 2 aromatic carbocycles. The molecule has 1 unspecified atom stereocenters. The van der Waals surface area contributed by atoms with Crippen LogP contribution in [-0.4, -0.2) is 40.2 Å². The van der Waals surface area contributed by atoms with E-state index in [9.17, 15) is 12.8 Å². The molecule has 1 saturated carbocycles. The Labute approximate surface area is 216 Å². The van der Waals surface area contributed by atoms with Gasteiger partial charge in [0.05, 0.1) is 22.3 Å². The predicted molar refractivity (Wildman–Crippen MR) is 141 cm³/mol. The Morgan fingerprint density at radius 2 is 1.95 bits per heavy atom. The first kappa shape index (κ1) is 24.0. The average molecular weight is 517 g/mol. The molecule has 2 aromatic heterocycles. The normalized spacial score (nSPS) is 20.3. The van der Waals surface area contributed by atoms with Gasteiger partial charge in [0.2, 0.25) is 10.0 Å². The largest absolute Gasteiger partial charge is 0.356 e. The molecule has 1 aliphatic heterocycles. The van der Waals surface area contributed by atoms with Gasteiger partial charge in [-0.2, -0.15) is 9.40 Å². The lowest BCUT2D eigenvalue weighted by atomic mass is 9.75. The van der Waals surface area contributed by atoms with Gasteiger partial charge in [0.25, 0.3) is 0 Å². The van der Waals surface area contributed by atoms with E-state index >= 15 is 0 Å². The van der Waals surface area contributed by atoms with Gasteiger partial charge in [-0.1, -0.05) is 5.92 Å². The zero-order valence-corrected chi connectivity index (χ0v) is 21.8. The average Bonchev–Trinajstić information content (AvgIpc) is 3.23. The third-order valence-corrected chi connectivity index (χ3v) is 9.46. The van der Waals surface area contributed by atoms with Crippen molar-refractivity contribution in [1.29, 1.82) is 0 Å². The zero-order valence-electron chi connectivity index (χ0n) is 21.0. The van der Waals surface area contributed by atoms with E-state index in [1.165, 1.54) is 12.1 Å². The van der Waals surface area contributed by atoms with Crippen molar-refractivity contribution in [2.45, 2.75) is 42.9 Å². The number of nitrogens with zero attached hydrogens (tertiary/aromatic N) is 4. The topological polar surface area (TPSA) is 60.1 Å². The van der Waals surface area contributed by atoms with Crippen LogP contribution in [0, 0.1) is 30.5 Å². The first-order valence-corrected chi connectivity index (χ1v) is 14.0. The highest BCUT2D eigenvalue weighted by atomic mass is 32.2. The van der Waals surface area contributed by atoms with Gasteiger partial charge in [0.1, 0.15) is 5.82 Å². The molecule has 0 bridgehead atoms. The molecule has 6 rings (SSSR count). The molecule has 2 fully saturated rings. The first-order valence-electron chi connectivity index (χ1n) is 12.6. The lowest BCUT2D eigenvalue weighted by molar-refractivity contribution is 0.422. The van der Waals surface area contributed by atoms with Crippen molar-refractivity contribution in [2.24, 2.45) is 13.0 Å². The standard InChI is InChI=1S/C29H29FN4O2S/c1-21-16-28-23(18-31-34(28)25-9-7-24(30)8-10-25)17-27(21)29(12-3-4-22-5-6-22)13-15-33(20-29)37(35,36)26-11-14-32(2)19-26/h7-11,14,16-19,22H,5-6,12-13,15,20H2,1-2H3. The van der Waals surface area contributed by atoms with Crippen molar-refractivity contribution in [3.05, 3.63) is 78.0 Å². The third-order valence-electron chi connectivity index (χ3n) is 7.63. The minimum absolute atomic E-state index is 0.288.